The van der Waals surface area contributed by atoms with Crippen molar-refractivity contribution in [1.82, 2.24) is 10.6 Å². The summed E-state index contributed by atoms with van der Waals surface area (Å²) in [6, 6.07) is -1.74. The van der Waals surface area contributed by atoms with E-state index in [2.05, 4.69) is 10.6 Å². The van der Waals surface area contributed by atoms with Gasteiger partial charge in [0.2, 0.25) is 23.4 Å². The lowest BCUT2D eigenvalue weighted by Crippen LogP contribution is -2.61. The summed E-state index contributed by atoms with van der Waals surface area (Å²) in [4.78, 5) is 74.0. The molecule has 31 heavy (non-hydrogen) atoms. The Kier molecular flexibility index (Phi) is 9.90. The van der Waals surface area contributed by atoms with Crippen molar-refractivity contribution in [2.24, 2.45) is 5.92 Å². The van der Waals surface area contributed by atoms with Crippen molar-refractivity contribution in [3.8, 4) is 0 Å². The summed E-state index contributed by atoms with van der Waals surface area (Å²) in [5, 5.41) is 4.46. The maximum absolute atomic E-state index is 12.6. The number of esters is 4. The number of rotatable bonds is 11. The molecule has 12 nitrogen and oxygen atoms in total. The quantitative estimate of drug-likeness (QED) is 0.229. The lowest BCUT2D eigenvalue weighted by Gasteiger charge is -2.30. The molecule has 1 heterocycles. The van der Waals surface area contributed by atoms with Crippen LogP contribution >= 0.6 is 0 Å². The van der Waals surface area contributed by atoms with Gasteiger partial charge < -0.3 is 29.6 Å². The van der Waals surface area contributed by atoms with Gasteiger partial charge in [0.05, 0.1) is 26.4 Å². The zero-order chi connectivity index (χ0) is 23.6. The molecule has 0 radical (unpaired) electrons. The van der Waals surface area contributed by atoms with E-state index in [-0.39, 0.29) is 32.8 Å². The van der Waals surface area contributed by atoms with Crippen LogP contribution in [0.2, 0.25) is 0 Å². The molecule has 0 aromatic rings. The number of hydrogen-bond donors (Lipinski definition) is 2. The summed E-state index contributed by atoms with van der Waals surface area (Å²) >= 11 is 0. The summed E-state index contributed by atoms with van der Waals surface area (Å²) in [6.45, 7) is 5.82. The van der Waals surface area contributed by atoms with Crippen LogP contribution in [0.4, 0.5) is 0 Å². The Morgan fingerprint density at radius 3 is 1.77 bits per heavy atom. The molecule has 0 bridgehead atoms. The lowest BCUT2D eigenvalue weighted by molar-refractivity contribution is -0.169. The normalized spacial score (nSPS) is 16.8. The van der Waals surface area contributed by atoms with E-state index in [1.54, 1.807) is 0 Å². The Morgan fingerprint density at radius 2 is 1.35 bits per heavy atom. The summed E-state index contributed by atoms with van der Waals surface area (Å²) in [5.41, 5.74) is -2.22. The first kappa shape index (κ1) is 25.9. The van der Waals surface area contributed by atoms with Crippen molar-refractivity contribution in [3.63, 3.8) is 0 Å². The molecule has 2 N–H and O–H groups in total. The number of carbonyl (C=O) groups excluding carboxylic acids is 6. The highest BCUT2D eigenvalue weighted by molar-refractivity contribution is 6.11. The Labute approximate surface area is 179 Å². The van der Waals surface area contributed by atoms with Crippen molar-refractivity contribution >= 4 is 35.7 Å². The monoisotopic (exact) mass is 444 g/mol. The summed E-state index contributed by atoms with van der Waals surface area (Å²) < 4.78 is 19.4. The Hall–Kier alpha value is -3.18. The number of ether oxygens (including phenoxy) is 4. The Morgan fingerprint density at radius 1 is 0.903 bits per heavy atom. The SMILES string of the molecule is CCOC(=O)C(NC(=O)CC1CC(=O)NC1(C(=O)OCC)C(=O)OCC)C(=O)OCC. The minimum atomic E-state index is -2.22. The molecule has 0 aromatic carbocycles. The van der Waals surface area contributed by atoms with E-state index >= 15 is 0 Å². The molecule has 1 aliphatic rings. The summed E-state index contributed by atoms with van der Waals surface area (Å²) in [7, 11) is 0. The number of amides is 2. The maximum atomic E-state index is 12.6. The first-order valence-electron chi connectivity index (χ1n) is 9.95. The van der Waals surface area contributed by atoms with Gasteiger partial charge in [-0.1, -0.05) is 0 Å². The average Bonchev–Trinajstić information content (AvgIpc) is 3.03. The highest BCUT2D eigenvalue weighted by Crippen LogP contribution is 2.33. The largest absolute Gasteiger partial charge is 0.464 e. The Bertz CT molecular complexity index is 684. The van der Waals surface area contributed by atoms with Crippen LogP contribution in [0, 0.1) is 5.92 Å². The highest BCUT2D eigenvalue weighted by Gasteiger charge is 2.61. The van der Waals surface area contributed by atoms with Crippen LogP contribution < -0.4 is 10.6 Å². The molecular weight excluding hydrogens is 416 g/mol. The van der Waals surface area contributed by atoms with Gasteiger partial charge in [0.15, 0.2) is 0 Å². The first-order chi connectivity index (χ1) is 14.7. The van der Waals surface area contributed by atoms with Gasteiger partial charge >= 0.3 is 23.9 Å². The van der Waals surface area contributed by atoms with E-state index in [9.17, 15) is 28.8 Å². The number of hydrogen-bond acceptors (Lipinski definition) is 10. The van der Waals surface area contributed by atoms with Gasteiger partial charge in [-0.05, 0) is 27.7 Å². The molecule has 0 aliphatic carbocycles. The molecule has 0 saturated carbocycles. The summed E-state index contributed by atoms with van der Waals surface area (Å²) in [6.07, 6.45) is -0.916. The third-order valence-electron chi connectivity index (χ3n) is 4.36. The molecule has 12 heteroatoms. The van der Waals surface area contributed by atoms with Crippen LogP contribution in [0.1, 0.15) is 40.5 Å². The van der Waals surface area contributed by atoms with E-state index in [0.717, 1.165) is 0 Å². The van der Waals surface area contributed by atoms with Crippen molar-refractivity contribution < 1.29 is 47.7 Å². The topological polar surface area (TPSA) is 163 Å². The molecule has 1 saturated heterocycles. The smallest absolute Gasteiger partial charge is 0.344 e. The van der Waals surface area contributed by atoms with Crippen LogP contribution in [0.15, 0.2) is 0 Å². The molecule has 1 unspecified atom stereocenters. The molecule has 1 fully saturated rings. The van der Waals surface area contributed by atoms with Gasteiger partial charge in [0.1, 0.15) is 0 Å². The number of carbonyl (C=O) groups is 6. The Balaban J connectivity index is 3.13. The van der Waals surface area contributed by atoms with Crippen molar-refractivity contribution in [3.05, 3.63) is 0 Å². The van der Waals surface area contributed by atoms with E-state index in [4.69, 9.17) is 18.9 Å². The van der Waals surface area contributed by atoms with Gasteiger partial charge in [-0.3, -0.25) is 9.59 Å². The van der Waals surface area contributed by atoms with E-state index < -0.39 is 59.6 Å². The van der Waals surface area contributed by atoms with Crippen LogP contribution in [0.25, 0.3) is 0 Å². The third kappa shape index (κ3) is 6.15. The average molecular weight is 444 g/mol. The minimum absolute atomic E-state index is 0.0412. The highest BCUT2D eigenvalue weighted by atomic mass is 16.6. The zero-order valence-electron chi connectivity index (χ0n) is 18.0. The fraction of sp³-hybridized carbons (Fsp3) is 0.684. The van der Waals surface area contributed by atoms with E-state index in [1.807, 2.05) is 0 Å². The zero-order valence-corrected chi connectivity index (χ0v) is 18.0. The van der Waals surface area contributed by atoms with Gasteiger partial charge in [0, 0.05) is 18.8 Å². The summed E-state index contributed by atoms with van der Waals surface area (Å²) in [5.74, 6) is -6.91. The fourth-order valence-electron chi connectivity index (χ4n) is 3.09. The van der Waals surface area contributed by atoms with Crippen LogP contribution in [0.3, 0.4) is 0 Å². The van der Waals surface area contributed by atoms with Gasteiger partial charge in [-0.25, -0.2) is 19.2 Å². The second kappa shape index (κ2) is 11.9. The van der Waals surface area contributed by atoms with Gasteiger partial charge in [-0.15, -0.1) is 0 Å². The van der Waals surface area contributed by atoms with Crippen molar-refractivity contribution in [2.75, 3.05) is 26.4 Å². The molecular formula is C19H28N2O10. The second-order valence-electron chi connectivity index (χ2n) is 6.41. The van der Waals surface area contributed by atoms with Crippen molar-refractivity contribution in [1.29, 1.82) is 0 Å². The third-order valence-corrected chi connectivity index (χ3v) is 4.36. The molecule has 174 valence electrons. The fourth-order valence-corrected chi connectivity index (χ4v) is 3.09. The molecule has 2 amide bonds. The van der Waals surface area contributed by atoms with Gasteiger partial charge in [0.25, 0.3) is 0 Å². The number of nitrogens with one attached hydrogen (secondary N) is 2. The molecule has 1 rings (SSSR count). The second-order valence-corrected chi connectivity index (χ2v) is 6.41. The van der Waals surface area contributed by atoms with Crippen LogP contribution in [-0.4, -0.2) is 73.7 Å². The predicted octanol–water partition coefficient (Wildman–Crippen LogP) is -1.01. The van der Waals surface area contributed by atoms with E-state index in [1.165, 1.54) is 27.7 Å². The lowest BCUT2D eigenvalue weighted by atomic mass is 9.82. The van der Waals surface area contributed by atoms with E-state index in [0.29, 0.717) is 0 Å². The molecule has 0 aromatic heterocycles. The standard InChI is InChI=1S/C19H28N2O10/c1-5-28-15(24)14(16(25)29-6-2)20-12(22)9-11-10-13(23)21-19(11,17(26)30-7-3)18(27)31-8-4/h11,14H,5-10H2,1-4H3,(H,20,22)(H,21,23). The minimum Gasteiger partial charge on any atom is -0.464 e. The first-order valence-corrected chi connectivity index (χ1v) is 9.95. The molecule has 1 aliphatic heterocycles. The molecule has 1 atom stereocenters. The van der Waals surface area contributed by atoms with Crippen LogP contribution in [0.5, 0.6) is 0 Å². The molecule has 0 spiro atoms. The predicted molar refractivity (Wildman–Crippen MR) is 102 cm³/mol. The van der Waals surface area contributed by atoms with Crippen LogP contribution in [-0.2, 0) is 47.7 Å². The van der Waals surface area contributed by atoms with Crippen molar-refractivity contribution in [2.45, 2.75) is 52.1 Å². The van der Waals surface area contributed by atoms with Gasteiger partial charge in [-0.2, -0.15) is 0 Å². The maximum Gasteiger partial charge on any atom is 0.344 e.